The summed E-state index contributed by atoms with van der Waals surface area (Å²) in [4.78, 5) is 18.4. The number of carbonyl (C=O) groups is 1. The van der Waals surface area contributed by atoms with Gasteiger partial charge in [-0.25, -0.2) is 4.98 Å². The highest BCUT2D eigenvalue weighted by Gasteiger charge is 2.59. The molecule has 0 bridgehead atoms. The lowest BCUT2D eigenvalue weighted by Crippen LogP contribution is -2.40. The maximum atomic E-state index is 13.7. The fourth-order valence-corrected chi connectivity index (χ4v) is 7.06. The molecule has 7 nitrogen and oxygen atoms in total. The third kappa shape index (κ3) is 4.72. The Hall–Kier alpha value is -2.53. The van der Waals surface area contributed by atoms with Crippen LogP contribution in [0, 0.1) is 11.8 Å². The molecule has 0 radical (unpaired) electrons. The minimum Gasteiger partial charge on any atom is -0.349 e. The summed E-state index contributed by atoms with van der Waals surface area (Å²) in [6.45, 7) is 1.93. The molecule has 3 aliphatic rings. The van der Waals surface area contributed by atoms with Crippen LogP contribution >= 0.6 is 23.2 Å². The summed E-state index contributed by atoms with van der Waals surface area (Å²) in [5.41, 5.74) is 9.86. The third-order valence-electron chi connectivity index (χ3n) is 9.02. The van der Waals surface area contributed by atoms with E-state index in [0.717, 1.165) is 36.2 Å². The van der Waals surface area contributed by atoms with Crippen LogP contribution in [0.25, 0.3) is 11.0 Å². The molecule has 214 valence electrons. The summed E-state index contributed by atoms with van der Waals surface area (Å²) in [5, 5.41) is 10.6. The number of aryl methyl sites for hydroxylation is 1. The van der Waals surface area contributed by atoms with Crippen molar-refractivity contribution in [3.8, 4) is 0 Å². The number of rotatable bonds is 6. The molecule has 2 atom stereocenters. The van der Waals surface area contributed by atoms with E-state index in [1.165, 1.54) is 0 Å². The van der Waals surface area contributed by atoms with Gasteiger partial charge in [0.2, 0.25) is 5.95 Å². The van der Waals surface area contributed by atoms with Crippen LogP contribution in [0.2, 0.25) is 10.0 Å². The summed E-state index contributed by atoms with van der Waals surface area (Å²) >= 11 is 13.0. The van der Waals surface area contributed by atoms with E-state index in [4.69, 9.17) is 33.9 Å². The first-order valence-electron chi connectivity index (χ1n) is 13.5. The Bertz CT molecular complexity index is 1480. The summed E-state index contributed by atoms with van der Waals surface area (Å²) in [7, 11) is 1.88. The second kappa shape index (κ2) is 10.1. The molecule has 3 aromatic rings. The van der Waals surface area contributed by atoms with Crippen molar-refractivity contribution in [2.45, 2.75) is 56.3 Å². The lowest BCUT2D eigenvalue weighted by molar-refractivity contribution is -0.182. The molecule has 6 rings (SSSR count). The van der Waals surface area contributed by atoms with E-state index < -0.39 is 12.1 Å². The van der Waals surface area contributed by atoms with Gasteiger partial charge in [0, 0.05) is 37.2 Å². The van der Waals surface area contributed by atoms with Gasteiger partial charge >= 0.3 is 6.18 Å². The number of nitrogens with zero attached hydrogens (tertiary/aromatic N) is 2. The first kappa shape index (κ1) is 27.6. The molecule has 2 aromatic carbocycles. The van der Waals surface area contributed by atoms with Crippen molar-refractivity contribution in [1.82, 2.24) is 20.2 Å². The molecule has 2 saturated carbocycles. The molecule has 1 aliphatic heterocycles. The van der Waals surface area contributed by atoms with E-state index in [2.05, 4.69) is 16.0 Å². The van der Waals surface area contributed by atoms with Gasteiger partial charge in [0.1, 0.15) is 0 Å². The van der Waals surface area contributed by atoms with Crippen LogP contribution in [0.1, 0.15) is 53.6 Å². The van der Waals surface area contributed by atoms with Crippen LogP contribution in [0.4, 0.5) is 24.8 Å². The van der Waals surface area contributed by atoms with Crippen molar-refractivity contribution < 1.29 is 18.0 Å². The lowest BCUT2D eigenvalue weighted by Gasteiger charge is -2.30. The number of carbonyl (C=O) groups excluding carboxylic acids is 1. The molecule has 2 aliphatic carbocycles. The number of benzene rings is 2. The summed E-state index contributed by atoms with van der Waals surface area (Å²) < 4.78 is 41.3. The predicted molar refractivity (Wildman–Crippen MR) is 150 cm³/mol. The van der Waals surface area contributed by atoms with E-state index in [1.54, 1.807) is 18.2 Å². The van der Waals surface area contributed by atoms with Crippen molar-refractivity contribution in [2.75, 3.05) is 18.4 Å². The highest BCUT2D eigenvalue weighted by molar-refractivity contribution is 6.39. The lowest BCUT2D eigenvalue weighted by atomic mass is 9.85. The number of nitrogens with two attached hydrogens (primary N) is 1. The van der Waals surface area contributed by atoms with Gasteiger partial charge in [0.25, 0.3) is 5.91 Å². The van der Waals surface area contributed by atoms with Crippen molar-refractivity contribution in [3.05, 3.63) is 51.0 Å². The van der Waals surface area contributed by atoms with E-state index in [0.29, 0.717) is 51.5 Å². The zero-order chi connectivity index (χ0) is 28.4. The normalized spacial score (nSPS) is 26.1. The summed E-state index contributed by atoms with van der Waals surface area (Å²) in [6.07, 6.45) is -2.52. The smallest absolute Gasteiger partial charge is 0.349 e. The van der Waals surface area contributed by atoms with Gasteiger partial charge in [-0.1, -0.05) is 29.3 Å². The number of fused-ring (bicyclic) bond motifs is 2. The number of hydrogen-bond donors (Lipinski definition) is 4. The maximum Gasteiger partial charge on any atom is 0.391 e. The molecule has 2 heterocycles. The first-order valence-corrected chi connectivity index (χ1v) is 14.3. The minimum atomic E-state index is -4.19. The minimum absolute atomic E-state index is 0.0298. The van der Waals surface area contributed by atoms with Crippen LogP contribution in [-0.4, -0.2) is 40.8 Å². The van der Waals surface area contributed by atoms with Gasteiger partial charge < -0.3 is 26.3 Å². The molecular weight excluding hydrogens is 564 g/mol. The number of aromatic nitrogens is 2. The second-order valence-electron chi connectivity index (χ2n) is 11.4. The Labute approximate surface area is 240 Å². The molecule has 0 spiro atoms. The summed E-state index contributed by atoms with van der Waals surface area (Å²) in [5.74, 6) is -0.617. The molecule has 5 N–H and O–H groups in total. The van der Waals surface area contributed by atoms with Crippen LogP contribution in [0.3, 0.4) is 0 Å². The highest BCUT2D eigenvalue weighted by atomic mass is 35.5. The summed E-state index contributed by atoms with van der Waals surface area (Å²) in [6, 6.07) is 7.05. The largest absolute Gasteiger partial charge is 0.391 e. The van der Waals surface area contributed by atoms with E-state index in [-0.39, 0.29) is 36.8 Å². The Morgan fingerprint density at radius 1 is 1.23 bits per heavy atom. The SMILES string of the molecule is Cn1c(Nc2c(Cl)ccc(CN)c2Cl)nc2cc(C(=O)NC3CCC(C(F)(F)F)CC3)c(C34CNCC3C4)cc21. The number of amides is 1. The average Bonchev–Trinajstić information content (AvgIpc) is 3.33. The third-order valence-corrected chi connectivity index (χ3v) is 9.76. The number of nitrogens with one attached hydrogen (secondary N) is 3. The average molecular weight is 595 g/mol. The van der Waals surface area contributed by atoms with Crippen LogP contribution < -0.4 is 21.7 Å². The molecular formula is C28H31Cl2F3N6O. The van der Waals surface area contributed by atoms with Gasteiger partial charge in [-0.15, -0.1) is 0 Å². The van der Waals surface area contributed by atoms with Gasteiger partial charge in [0.15, 0.2) is 0 Å². The van der Waals surface area contributed by atoms with Crippen molar-refractivity contribution in [1.29, 1.82) is 0 Å². The Kier molecular flexibility index (Phi) is 6.96. The molecule has 1 saturated heterocycles. The topological polar surface area (TPSA) is 97.0 Å². The maximum absolute atomic E-state index is 13.7. The molecule has 12 heteroatoms. The van der Waals surface area contributed by atoms with E-state index in [9.17, 15) is 18.0 Å². The molecule has 1 aromatic heterocycles. The number of piperidine rings is 1. The number of imidazole rings is 1. The highest BCUT2D eigenvalue weighted by Crippen LogP contribution is 2.57. The second-order valence-corrected chi connectivity index (χ2v) is 12.1. The molecule has 3 fully saturated rings. The Morgan fingerprint density at radius 3 is 2.60 bits per heavy atom. The zero-order valence-corrected chi connectivity index (χ0v) is 23.5. The van der Waals surface area contributed by atoms with Crippen LogP contribution in [-0.2, 0) is 19.0 Å². The van der Waals surface area contributed by atoms with Crippen molar-refractivity contribution in [2.24, 2.45) is 24.6 Å². The Balaban J connectivity index is 1.33. The van der Waals surface area contributed by atoms with E-state index >= 15 is 0 Å². The number of halogens is 5. The number of hydrogen-bond acceptors (Lipinski definition) is 5. The quantitative estimate of drug-likeness (QED) is 0.289. The first-order chi connectivity index (χ1) is 19.0. The van der Waals surface area contributed by atoms with Crippen LogP contribution in [0.5, 0.6) is 0 Å². The fraction of sp³-hybridized carbons (Fsp3) is 0.500. The predicted octanol–water partition coefficient (Wildman–Crippen LogP) is 5.79. The van der Waals surface area contributed by atoms with Crippen LogP contribution in [0.15, 0.2) is 24.3 Å². The van der Waals surface area contributed by atoms with Gasteiger partial charge in [-0.3, -0.25) is 4.79 Å². The van der Waals surface area contributed by atoms with Gasteiger partial charge in [0.05, 0.1) is 32.7 Å². The molecule has 40 heavy (non-hydrogen) atoms. The van der Waals surface area contributed by atoms with Gasteiger partial charge in [-0.05, 0) is 73.9 Å². The zero-order valence-electron chi connectivity index (χ0n) is 22.0. The van der Waals surface area contributed by atoms with Crippen molar-refractivity contribution >= 4 is 51.8 Å². The molecule has 2 unspecified atom stereocenters. The van der Waals surface area contributed by atoms with Gasteiger partial charge in [-0.2, -0.15) is 13.2 Å². The van der Waals surface area contributed by atoms with Crippen molar-refractivity contribution in [3.63, 3.8) is 0 Å². The number of anilines is 2. The Morgan fingerprint density at radius 2 is 1.98 bits per heavy atom. The number of alkyl halides is 3. The van der Waals surface area contributed by atoms with E-state index in [1.807, 2.05) is 17.7 Å². The molecule has 1 amide bonds. The standard InChI is InChI=1S/C28H31Cl2F3N6O/c1-39-22-9-19(27-10-16(27)12-35-13-27)18(25(40)36-17-5-3-15(4-6-17)28(31,32)33)8-21(22)37-26(39)38-24-20(29)7-2-14(11-34)23(24)30/h2,7-9,15-17,35H,3-6,10-13,34H2,1H3,(H,36,40)(H,37,38). The monoisotopic (exact) mass is 594 g/mol. The fourth-order valence-electron chi connectivity index (χ4n) is 6.52.